The van der Waals surface area contributed by atoms with Crippen molar-refractivity contribution in [3.8, 4) is 0 Å². The molecule has 2 unspecified atom stereocenters. The molecule has 0 aliphatic heterocycles. The molecule has 0 spiro atoms. The van der Waals surface area contributed by atoms with Crippen LogP contribution in [0.5, 0.6) is 0 Å². The lowest BCUT2D eigenvalue weighted by Gasteiger charge is -2.16. The molecule has 1 aromatic rings. The molecule has 2 nitrogen and oxygen atoms in total. The first-order valence-corrected chi connectivity index (χ1v) is 7.35. The van der Waals surface area contributed by atoms with E-state index in [2.05, 4.69) is 15.9 Å². The maximum atomic E-state index is 12.6. The summed E-state index contributed by atoms with van der Waals surface area (Å²) in [5.41, 5.74) is 2.51. The van der Waals surface area contributed by atoms with Crippen molar-refractivity contribution in [2.45, 2.75) is 39.5 Å². The second kappa shape index (κ2) is 4.09. The second-order valence-corrected chi connectivity index (χ2v) is 6.67. The van der Waals surface area contributed by atoms with Crippen molar-refractivity contribution in [3.05, 3.63) is 27.7 Å². The Hall–Kier alpha value is -0.830. The van der Waals surface area contributed by atoms with Crippen LogP contribution in [0, 0.1) is 25.2 Å². The summed E-state index contributed by atoms with van der Waals surface area (Å²) in [5.74, 6) is 0.549. The predicted molar refractivity (Wildman–Crippen MR) is 76.6 cm³/mol. The van der Waals surface area contributed by atoms with Crippen LogP contribution in [0.3, 0.4) is 0 Å². The van der Waals surface area contributed by atoms with Gasteiger partial charge in [0.15, 0.2) is 1.41 Å². The molecule has 1 aromatic carbocycles. The van der Waals surface area contributed by atoms with Gasteiger partial charge in [-0.05, 0) is 62.3 Å². The molecule has 96 valence electrons. The first kappa shape index (κ1) is 11.0. The number of amides is 1. The summed E-state index contributed by atoms with van der Waals surface area (Å²) in [6.07, 6.45) is 4.27. The van der Waals surface area contributed by atoms with Gasteiger partial charge in [-0.15, -0.1) is 0 Å². The zero-order chi connectivity index (χ0) is 13.8. The molecule has 2 atom stereocenters. The van der Waals surface area contributed by atoms with Gasteiger partial charge in [0.25, 0.3) is 0 Å². The Bertz CT molecular complexity index is 536. The molecule has 0 bridgehead atoms. The molecule has 1 amide bonds. The van der Waals surface area contributed by atoms with Crippen LogP contribution in [-0.4, -0.2) is 5.91 Å². The van der Waals surface area contributed by atoms with E-state index < -0.39 is 0 Å². The highest BCUT2D eigenvalue weighted by Crippen LogP contribution is 2.64. The summed E-state index contributed by atoms with van der Waals surface area (Å²) in [7, 11) is 0. The van der Waals surface area contributed by atoms with Gasteiger partial charge in [-0.1, -0.05) is 22.4 Å². The Labute approximate surface area is 118 Å². The van der Waals surface area contributed by atoms with Crippen LogP contribution in [0.4, 0.5) is 5.69 Å². The fraction of sp³-hybridized carbons (Fsp3) is 0.533. The van der Waals surface area contributed by atoms with Crippen LogP contribution in [0.15, 0.2) is 16.6 Å². The lowest BCUT2D eigenvalue weighted by Crippen LogP contribution is -2.24. The molecule has 0 saturated heterocycles. The van der Waals surface area contributed by atoms with E-state index in [9.17, 15) is 4.79 Å². The SMILES string of the molecule is [2H]N(C(=O)C12CCCC1C2)c1c(C)cc(Br)cc1C. The van der Waals surface area contributed by atoms with E-state index in [0.29, 0.717) is 5.92 Å². The summed E-state index contributed by atoms with van der Waals surface area (Å²) in [4.78, 5) is 12.6. The molecule has 0 radical (unpaired) electrons. The van der Waals surface area contributed by atoms with E-state index in [0.717, 1.165) is 52.3 Å². The number of carbonyl (C=O) groups excluding carboxylic acids is 1. The Balaban J connectivity index is 1.92. The summed E-state index contributed by atoms with van der Waals surface area (Å²) < 4.78 is 9.25. The first-order valence-electron chi connectivity index (χ1n) is 7.00. The number of nitrogens with one attached hydrogen (secondary N) is 1. The maximum absolute atomic E-state index is 12.6. The standard InChI is InChI=1S/C15H18BrNO/c1-9-6-12(16)7-10(2)13(9)17-14(18)15-5-3-4-11(15)8-15/h6-7,11H,3-5,8H2,1-2H3,(H,17,18)/i/hD. The number of carbonyl (C=O) groups is 1. The van der Waals surface area contributed by atoms with Gasteiger partial charge < -0.3 is 5.31 Å². The van der Waals surface area contributed by atoms with E-state index in [1.54, 1.807) is 0 Å². The topological polar surface area (TPSA) is 29.1 Å². The molecule has 2 aliphatic carbocycles. The third-order valence-corrected chi connectivity index (χ3v) is 4.96. The molecule has 3 rings (SSSR count). The number of rotatable bonds is 2. The molecule has 2 saturated carbocycles. The fourth-order valence-corrected chi connectivity index (χ4v) is 4.08. The van der Waals surface area contributed by atoms with Crippen molar-refractivity contribution in [1.29, 1.82) is 0 Å². The number of fused-ring (bicyclic) bond motifs is 1. The zero-order valence-corrected chi connectivity index (χ0v) is 12.4. The second-order valence-electron chi connectivity index (χ2n) is 5.75. The van der Waals surface area contributed by atoms with Gasteiger partial charge in [0.2, 0.25) is 5.91 Å². The summed E-state index contributed by atoms with van der Waals surface area (Å²) in [6.45, 7) is 3.91. The molecule has 3 heteroatoms. The van der Waals surface area contributed by atoms with Crippen molar-refractivity contribution in [2.75, 3.05) is 5.31 Å². The number of hydrogen-bond donors (Lipinski definition) is 1. The average molecular weight is 309 g/mol. The summed E-state index contributed by atoms with van der Waals surface area (Å²) in [5, 5.41) is 1.16. The number of hydrogen-bond acceptors (Lipinski definition) is 1. The Morgan fingerprint density at radius 1 is 1.50 bits per heavy atom. The number of anilines is 1. The lowest BCUT2D eigenvalue weighted by molar-refractivity contribution is -0.121. The van der Waals surface area contributed by atoms with Crippen molar-refractivity contribution in [3.63, 3.8) is 0 Å². The van der Waals surface area contributed by atoms with Crippen LogP contribution in [0.2, 0.25) is 1.41 Å². The third kappa shape index (κ3) is 1.80. The van der Waals surface area contributed by atoms with Crippen LogP contribution in [-0.2, 0) is 4.79 Å². The minimum Gasteiger partial charge on any atom is -0.325 e. The van der Waals surface area contributed by atoms with Crippen LogP contribution in [0.25, 0.3) is 0 Å². The Morgan fingerprint density at radius 3 is 2.67 bits per heavy atom. The van der Waals surface area contributed by atoms with Crippen molar-refractivity contribution in [2.24, 2.45) is 11.3 Å². The molecule has 18 heavy (non-hydrogen) atoms. The van der Waals surface area contributed by atoms with Gasteiger partial charge in [0, 0.05) is 10.2 Å². The molecule has 0 aromatic heterocycles. The maximum Gasteiger partial charge on any atom is 0.230 e. The molecule has 1 N–H and O–H groups in total. The van der Waals surface area contributed by atoms with Gasteiger partial charge in [-0.3, -0.25) is 4.79 Å². The largest absolute Gasteiger partial charge is 0.325 e. The zero-order valence-electron chi connectivity index (χ0n) is 11.8. The molecule has 2 aliphatic rings. The molecular weight excluding hydrogens is 290 g/mol. The fourth-order valence-electron chi connectivity index (χ4n) is 3.39. The van der Waals surface area contributed by atoms with E-state index >= 15 is 0 Å². The van der Waals surface area contributed by atoms with E-state index in [1.165, 1.54) is 0 Å². The van der Waals surface area contributed by atoms with Crippen LogP contribution >= 0.6 is 15.9 Å². The predicted octanol–water partition coefficient (Wildman–Crippen LogP) is 4.19. The smallest absolute Gasteiger partial charge is 0.230 e. The quantitative estimate of drug-likeness (QED) is 0.872. The minimum absolute atomic E-state index is 0.00326. The average Bonchev–Trinajstić information content (AvgIpc) is 2.89. The molecular formula is C15H18BrNO. The number of benzene rings is 1. The first-order chi connectivity index (χ1) is 8.95. The third-order valence-electron chi connectivity index (χ3n) is 4.50. The van der Waals surface area contributed by atoms with Gasteiger partial charge in [-0.2, -0.15) is 0 Å². The van der Waals surface area contributed by atoms with Crippen molar-refractivity contribution < 1.29 is 6.21 Å². The number of aryl methyl sites for hydroxylation is 2. The summed E-state index contributed by atoms with van der Waals surface area (Å²) >= 11 is 3.45. The van der Waals surface area contributed by atoms with E-state index in [-0.39, 0.29) is 11.3 Å². The highest BCUT2D eigenvalue weighted by Gasteiger charge is 2.61. The van der Waals surface area contributed by atoms with Crippen molar-refractivity contribution in [1.82, 2.24) is 0 Å². The van der Waals surface area contributed by atoms with E-state index in [4.69, 9.17) is 1.41 Å². The van der Waals surface area contributed by atoms with Crippen LogP contribution < -0.4 is 5.31 Å². The van der Waals surface area contributed by atoms with Gasteiger partial charge in [0.1, 0.15) is 0 Å². The molecule has 0 heterocycles. The monoisotopic (exact) mass is 308 g/mol. The normalized spacial score (nSPS) is 29.7. The Morgan fingerprint density at radius 2 is 2.17 bits per heavy atom. The van der Waals surface area contributed by atoms with Crippen molar-refractivity contribution >= 4 is 27.5 Å². The van der Waals surface area contributed by atoms with Gasteiger partial charge in [-0.25, -0.2) is 0 Å². The van der Waals surface area contributed by atoms with Gasteiger partial charge in [0.05, 0.1) is 5.41 Å². The van der Waals surface area contributed by atoms with Crippen LogP contribution in [0.1, 0.15) is 36.8 Å². The molecule has 2 fully saturated rings. The highest BCUT2D eigenvalue weighted by molar-refractivity contribution is 9.10. The highest BCUT2D eigenvalue weighted by atomic mass is 79.9. The summed E-state index contributed by atoms with van der Waals surface area (Å²) in [6, 6.07) is 3.93. The lowest BCUT2D eigenvalue weighted by atomic mass is 10.0. The Kier molecular flexibility index (Phi) is 2.51. The number of halogens is 1. The van der Waals surface area contributed by atoms with Gasteiger partial charge >= 0.3 is 0 Å². The minimum atomic E-state index is -0.187. The van der Waals surface area contributed by atoms with E-state index in [1.807, 2.05) is 26.0 Å².